The van der Waals surface area contributed by atoms with Crippen LogP contribution in [0, 0.1) is 0 Å². The van der Waals surface area contributed by atoms with Gasteiger partial charge in [0.25, 0.3) is 0 Å². The van der Waals surface area contributed by atoms with Gasteiger partial charge in [0.1, 0.15) is 0 Å². The van der Waals surface area contributed by atoms with Crippen LogP contribution in [0.25, 0.3) is 0 Å². The minimum Gasteiger partial charge on any atom is -0.454 e. The molecule has 1 amide bonds. The Morgan fingerprint density at radius 3 is 2.92 bits per heavy atom. The van der Waals surface area contributed by atoms with Gasteiger partial charge in [-0.2, -0.15) is 4.99 Å². The Balaban J connectivity index is 1.75. The van der Waals surface area contributed by atoms with Gasteiger partial charge in [-0.25, -0.2) is 8.42 Å². The van der Waals surface area contributed by atoms with Crippen LogP contribution >= 0.6 is 11.8 Å². The van der Waals surface area contributed by atoms with Gasteiger partial charge in [0, 0.05) is 23.4 Å². The highest BCUT2D eigenvalue weighted by atomic mass is 32.2. The normalized spacial score (nSPS) is 28.4. The van der Waals surface area contributed by atoms with Crippen molar-refractivity contribution in [1.82, 2.24) is 0 Å². The fourth-order valence-electron chi connectivity index (χ4n) is 3.09. The number of sulfone groups is 1. The summed E-state index contributed by atoms with van der Waals surface area (Å²) in [4.78, 5) is 17.8. The molecule has 1 aromatic rings. The summed E-state index contributed by atoms with van der Waals surface area (Å²) in [6, 6.07) is 5.22. The van der Waals surface area contributed by atoms with Crippen LogP contribution in [0.1, 0.15) is 13.3 Å². The third kappa shape index (κ3) is 2.65. The Morgan fingerprint density at radius 2 is 2.12 bits per heavy atom. The lowest BCUT2D eigenvalue weighted by atomic mass is 10.2. The van der Waals surface area contributed by atoms with E-state index in [1.807, 2.05) is 17.0 Å². The largest absolute Gasteiger partial charge is 0.454 e. The predicted molar refractivity (Wildman–Crippen MR) is 91.6 cm³/mol. The third-order valence-electron chi connectivity index (χ3n) is 4.22. The molecule has 0 saturated carbocycles. The molecule has 1 aromatic carbocycles. The zero-order valence-corrected chi connectivity index (χ0v) is 14.6. The summed E-state index contributed by atoms with van der Waals surface area (Å²) in [5.41, 5.74) is 0.763. The van der Waals surface area contributed by atoms with Gasteiger partial charge in [-0.15, -0.1) is 0 Å². The van der Waals surface area contributed by atoms with E-state index in [4.69, 9.17) is 9.47 Å². The molecule has 7 nitrogen and oxygen atoms in total. The molecule has 0 aromatic heterocycles. The lowest BCUT2D eigenvalue weighted by Crippen LogP contribution is -2.37. The summed E-state index contributed by atoms with van der Waals surface area (Å²) in [5, 5.41) is 0.453. The molecule has 128 valence electrons. The van der Waals surface area contributed by atoms with Crippen LogP contribution in [0.4, 0.5) is 5.69 Å². The van der Waals surface area contributed by atoms with E-state index >= 15 is 0 Å². The first-order chi connectivity index (χ1) is 11.5. The highest BCUT2D eigenvalue weighted by molar-refractivity contribution is 8.16. The first-order valence-electron chi connectivity index (χ1n) is 7.64. The first-order valence-corrected chi connectivity index (χ1v) is 10.3. The molecule has 2 fully saturated rings. The van der Waals surface area contributed by atoms with Crippen molar-refractivity contribution in [3.05, 3.63) is 18.2 Å². The minimum atomic E-state index is -3.07. The molecule has 0 unspecified atom stereocenters. The number of carbonyl (C=O) groups is 1. The van der Waals surface area contributed by atoms with Crippen molar-refractivity contribution in [3.8, 4) is 11.5 Å². The average Bonchev–Trinajstić information content (AvgIpc) is 3.18. The average molecular weight is 368 g/mol. The van der Waals surface area contributed by atoms with Crippen LogP contribution in [0.5, 0.6) is 11.5 Å². The summed E-state index contributed by atoms with van der Waals surface area (Å²) in [6.45, 7) is 1.92. The first kappa shape index (κ1) is 15.8. The topological polar surface area (TPSA) is 85.3 Å². The molecule has 0 N–H and O–H groups in total. The fourth-order valence-corrected chi connectivity index (χ4v) is 7.02. The molecule has 3 heterocycles. The maximum atomic E-state index is 12.0. The van der Waals surface area contributed by atoms with E-state index < -0.39 is 9.84 Å². The maximum absolute atomic E-state index is 12.0. The standard InChI is InChI=1S/C15H16N2O5S2/c1-2-14(18)16-15-17(10-6-24(19,20)7-13(10)23-15)9-3-4-11-12(5-9)22-8-21-11/h3-5,10,13H,2,6-8H2,1H3/t10-,13-/m1/s1. The monoisotopic (exact) mass is 368 g/mol. The molecule has 0 bridgehead atoms. The Hall–Kier alpha value is -1.74. The lowest BCUT2D eigenvalue weighted by Gasteiger charge is -2.24. The van der Waals surface area contributed by atoms with Gasteiger partial charge in [0.2, 0.25) is 12.7 Å². The van der Waals surface area contributed by atoms with E-state index in [9.17, 15) is 13.2 Å². The van der Waals surface area contributed by atoms with Crippen molar-refractivity contribution in [2.45, 2.75) is 24.6 Å². The van der Waals surface area contributed by atoms with E-state index in [1.165, 1.54) is 11.8 Å². The molecular weight excluding hydrogens is 352 g/mol. The Labute approximate surface area is 143 Å². The SMILES string of the molecule is CCC(=O)N=C1S[C@@H]2CS(=O)(=O)C[C@H]2N1c1ccc2c(c1)OCO2. The highest BCUT2D eigenvalue weighted by Crippen LogP contribution is 2.43. The maximum Gasteiger partial charge on any atom is 0.247 e. The number of nitrogens with zero attached hydrogens (tertiary/aromatic N) is 2. The molecule has 0 radical (unpaired) electrons. The van der Waals surface area contributed by atoms with Gasteiger partial charge in [0.15, 0.2) is 26.5 Å². The molecule has 3 aliphatic rings. The molecular formula is C15H16N2O5S2. The predicted octanol–water partition coefficient (Wildman–Crippen LogP) is 1.43. The summed E-state index contributed by atoms with van der Waals surface area (Å²) in [5.74, 6) is 1.24. The quantitative estimate of drug-likeness (QED) is 0.780. The van der Waals surface area contributed by atoms with E-state index in [2.05, 4.69) is 4.99 Å². The number of hydrogen-bond donors (Lipinski definition) is 0. The van der Waals surface area contributed by atoms with E-state index in [0.29, 0.717) is 23.1 Å². The number of aliphatic imine (C=N–C) groups is 1. The van der Waals surface area contributed by atoms with Gasteiger partial charge in [-0.3, -0.25) is 4.79 Å². The van der Waals surface area contributed by atoms with Crippen molar-refractivity contribution < 1.29 is 22.7 Å². The molecule has 9 heteroatoms. The van der Waals surface area contributed by atoms with Crippen molar-refractivity contribution in [2.24, 2.45) is 4.99 Å². The second-order valence-corrected chi connectivity index (χ2v) is 9.21. The fraction of sp³-hybridized carbons (Fsp3) is 0.467. The van der Waals surface area contributed by atoms with E-state index in [1.54, 1.807) is 13.0 Å². The zero-order valence-electron chi connectivity index (χ0n) is 13.0. The second kappa shape index (κ2) is 5.66. The number of anilines is 1. The Bertz CT molecular complexity index is 836. The number of rotatable bonds is 2. The minimum absolute atomic E-state index is 0.0679. The third-order valence-corrected chi connectivity index (χ3v) is 7.43. The molecule has 0 aliphatic carbocycles. The van der Waals surface area contributed by atoms with Gasteiger partial charge in [0.05, 0.1) is 17.5 Å². The van der Waals surface area contributed by atoms with Gasteiger partial charge in [-0.05, 0) is 12.1 Å². The number of hydrogen-bond acceptors (Lipinski definition) is 6. The number of benzene rings is 1. The highest BCUT2D eigenvalue weighted by Gasteiger charge is 2.49. The number of thioether (sulfide) groups is 1. The summed E-state index contributed by atoms with van der Waals surface area (Å²) >= 11 is 1.37. The number of amides is 1. The van der Waals surface area contributed by atoms with Crippen LogP contribution in [-0.2, 0) is 14.6 Å². The van der Waals surface area contributed by atoms with Crippen LogP contribution < -0.4 is 14.4 Å². The van der Waals surface area contributed by atoms with Crippen molar-refractivity contribution in [3.63, 3.8) is 0 Å². The number of ether oxygens (including phenoxy) is 2. The number of fused-ring (bicyclic) bond motifs is 2. The van der Waals surface area contributed by atoms with Crippen molar-refractivity contribution >= 4 is 38.4 Å². The zero-order chi connectivity index (χ0) is 16.9. The molecule has 4 rings (SSSR count). The van der Waals surface area contributed by atoms with Crippen molar-refractivity contribution in [2.75, 3.05) is 23.2 Å². The lowest BCUT2D eigenvalue weighted by molar-refractivity contribution is -0.117. The van der Waals surface area contributed by atoms with Crippen LogP contribution in [0.15, 0.2) is 23.2 Å². The summed E-state index contributed by atoms with van der Waals surface area (Å²) in [6.07, 6.45) is 0.312. The van der Waals surface area contributed by atoms with Gasteiger partial charge < -0.3 is 14.4 Å². The summed E-state index contributed by atoms with van der Waals surface area (Å²) in [7, 11) is -3.07. The molecule has 2 atom stereocenters. The van der Waals surface area contributed by atoms with Gasteiger partial charge >= 0.3 is 0 Å². The van der Waals surface area contributed by atoms with Crippen molar-refractivity contribution in [1.29, 1.82) is 0 Å². The van der Waals surface area contributed by atoms with Crippen LogP contribution in [0.2, 0.25) is 0 Å². The molecule has 2 saturated heterocycles. The number of amidine groups is 1. The van der Waals surface area contributed by atoms with Gasteiger partial charge in [-0.1, -0.05) is 18.7 Å². The van der Waals surface area contributed by atoms with E-state index in [-0.39, 0.29) is 35.5 Å². The smallest absolute Gasteiger partial charge is 0.247 e. The van der Waals surface area contributed by atoms with E-state index in [0.717, 1.165) is 5.69 Å². The number of carbonyl (C=O) groups excluding carboxylic acids is 1. The molecule has 3 aliphatic heterocycles. The Kier molecular flexibility index (Phi) is 3.72. The van der Waals surface area contributed by atoms with Crippen LogP contribution in [-0.4, -0.2) is 49.1 Å². The second-order valence-electron chi connectivity index (χ2n) is 5.85. The molecule has 24 heavy (non-hydrogen) atoms. The summed E-state index contributed by atoms with van der Waals surface area (Å²) < 4.78 is 34.7. The van der Waals surface area contributed by atoms with Crippen LogP contribution in [0.3, 0.4) is 0 Å². The Morgan fingerprint density at radius 1 is 1.33 bits per heavy atom. The molecule has 0 spiro atoms.